The molecule has 138 valence electrons. The van der Waals surface area contributed by atoms with Gasteiger partial charge in [-0.15, -0.1) is 10.2 Å². The van der Waals surface area contributed by atoms with Crippen LogP contribution in [-0.2, 0) is 11.3 Å². The first kappa shape index (κ1) is 18.7. The molecule has 27 heavy (non-hydrogen) atoms. The number of hydrogen-bond donors (Lipinski definition) is 1. The number of hydrogen-bond acceptors (Lipinski definition) is 6. The van der Waals surface area contributed by atoms with Crippen molar-refractivity contribution in [3.05, 3.63) is 54.0 Å². The fraction of sp³-hybridized carbons (Fsp3) is 0.263. The van der Waals surface area contributed by atoms with E-state index in [1.807, 2.05) is 54.0 Å². The second-order valence-electron chi connectivity index (χ2n) is 5.89. The summed E-state index contributed by atoms with van der Waals surface area (Å²) in [5, 5.41) is 20.5. The third-order valence-corrected chi connectivity index (χ3v) is 4.75. The van der Waals surface area contributed by atoms with Crippen molar-refractivity contribution < 1.29 is 9.21 Å². The molecule has 0 atom stereocenters. The van der Waals surface area contributed by atoms with Crippen molar-refractivity contribution in [2.75, 3.05) is 12.3 Å². The lowest BCUT2D eigenvalue weighted by atomic mass is 10.1. The van der Waals surface area contributed by atoms with Crippen LogP contribution in [0.4, 0.5) is 0 Å². The van der Waals surface area contributed by atoms with Crippen LogP contribution in [0, 0.1) is 18.3 Å². The highest BCUT2D eigenvalue weighted by atomic mass is 32.2. The molecule has 0 fully saturated rings. The summed E-state index contributed by atoms with van der Waals surface area (Å²) in [6.45, 7) is 2.85. The van der Waals surface area contributed by atoms with Crippen LogP contribution in [0.1, 0.15) is 17.7 Å². The lowest BCUT2D eigenvalue weighted by Gasteiger charge is -2.09. The zero-order valence-corrected chi connectivity index (χ0v) is 15.7. The molecule has 0 spiro atoms. The number of amides is 1. The van der Waals surface area contributed by atoms with Crippen LogP contribution in [0.2, 0.25) is 0 Å². The minimum atomic E-state index is -0.139. The number of nitriles is 1. The van der Waals surface area contributed by atoms with Gasteiger partial charge in [0.2, 0.25) is 5.91 Å². The van der Waals surface area contributed by atoms with Crippen molar-refractivity contribution in [3.63, 3.8) is 0 Å². The van der Waals surface area contributed by atoms with E-state index in [1.54, 1.807) is 6.26 Å². The van der Waals surface area contributed by atoms with Crippen LogP contribution in [0.3, 0.4) is 0 Å². The van der Waals surface area contributed by atoms with E-state index in [9.17, 15) is 4.79 Å². The standard InChI is InChI=1S/C19H19N5O2S/c1-14-5-2-6-15(11-14)18-22-23-19(24(18)12-16-7-3-10-26-16)27-13-17(25)21-9-4-8-20/h2-3,5-7,10-11H,4,9,12-13H2,1H3,(H,21,25). The Morgan fingerprint density at radius 3 is 2.96 bits per heavy atom. The van der Waals surface area contributed by atoms with Gasteiger partial charge in [-0.3, -0.25) is 9.36 Å². The summed E-state index contributed by atoms with van der Waals surface area (Å²) < 4.78 is 7.42. The van der Waals surface area contributed by atoms with Gasteiger partial charge in [0.1, 0.15) is 5.76 Å². The molecule has 8 heteroatoms. The molecule has 0 bridgehead atoms. The summed E-state index contributed by atoms with van der Waals surface area (Å²) in [5.74, 6) is 1.57. The maximum absolute atomic E-state index is 11.9. The van der Waals surface area contributed by atoms with Gasteiger partial charge >= 0.3 is 0 Å². The highest BCUT2D eigenvalue weighted by Crippen LogP contribution is 2.25. The predicted molar refractivity (Wildman–Crippen MR) is 102 cm³/mol. The van der Waals surface area contributed by atoms with Gasteiger partial charge in [-0.05, 0) is 25.1 Å². The zero-order valence-electron chi connectivity index (χ0n) is 14.9. The molecular formula is C19H19N5O2S. The molecule has 0 unspecified atom stereocenters. The van der Waals surface area contributed by atoms with Crippen LogP contribution < -0.4 is 5.32 Å². The lowest BCUT2D eigenvalue weighted by molar-refractivity contribution is -0.118. The van der Waals surface area contributed by atoms with E-state index in [4.69, 9.17) is 9.68 Å². The van der Waals surface area contributed by atoms with E-state index < -0.39 is 0 Å². The van der Waals surface area contributed by atoms with E-state index in [2.05, 4.69) is 15.5 Å². The Kier molecular flexibility index (Phi) is 6.28. The van der Waals surface area contributed by atoms with Crippen molar-refractivity contribution in [1.29, 1.82) is 5.26 Å². The average Bonchev–Trinajstić information content (AvgIpc) is 3.31. The smallest absolute Gasteiger partial charge is 0.230 e. The van der Waals surface area contributed by atoms with Crippen molar-refractivity contribution in [1.82, 2.24) is 20.1 Å². The Hall–Kier alpha value is -3.05. The molecule has 0 saturated heterocycles. The third kappa shape index (κ3) is 4.99. The number of nitrogens with one attached hydrogen (secondary N) is 1. The number of aromatic nitrogens is 3. The van der Waals surface area contributed by atoms with Crippen LogP contribution in [0.15, 0.2) is 52.2 Å². The molecule has 0 aliphatic carbocycles. The number of carbonyl (C=O) groups excluding carboxylic acids is 1. The number of rotatable bonds is 8. The largest absolute Gasteiger partial charge is 0.467 e. The Bertz CT molecular complexity index is 943. The van der Waals surface area contributed by atoms with Crippen LogP contribution >= 0.6 is 11.8 Å². The van der Waals surface area contributed by atoms with Gasteiger partial charge in [0.25, 0.3) is 0 Å². The summed E-state index contributed by atoms with van der Waals surface area (Å²) in [7, 11) is 0. The number of benzene rings is 1. The van der Waals surface area contributed by atoms with Crippen molar-refractivity contribution >= 4 is 17.7 Å². The van der Waals surface area contributed by atoms with Gasteiger partial charge in [0.15, 0.2) is 11.0 Å². The molecule has 2 aromatic heterocycles. The Labute approximate surface area is 161 Å². The summed E-state index contributed by atoms with van der Waals surface area (Å²) in [4.78, 5) is 11.9. The second-order valence-corrected chi connectivity index (χ2v) is 6.83. The molecule has 1 N–H and O–H groups in total. The SMILES string of the molecule is Cc1cccc(-c2nnc(SCC(=O)NCCC#N)n2Cc2ccco2)c1. The highest BCUT2D eigenvalue weighted by molar-refractivity contribution is 7.99. The molecule has 1 amide bonds. The van der Waals surface area contributed by atoms with Crippen molar-refractivity contribution in [2.24, 2.45) is 0 Å². The molecule has 0 saturated carbocycles. The van der Waals surface area contributed by atoms with Crippen LogP contribution in [-0.4, -0.2) is 33.0 Å². The van der Waals surface area contributed by atoms with Crippen LogP contribution in [0.5, 0.6) is 0 Å². The molecule has 0 aliphatic heterocycles. The molecule has 2 heterocycles. The quantitative estimate of drug-likeness (QED) is 0.476. The second kappa shape index (κ2) is 9.05. The predicted octanol–water partition coefficient (Wildman–Crippen LogP) is 3.02. The van der Waals surface area contributed by atoms with E-state index in [1.165, 1.54) is 11.8 Å². The number of aryl methyl sites for hydroxylation is 1. The Balaban J connectivity index is 1.81. The molecule has 3 aromatic rings. The number of thioether (sulfide) groups is 1. The summed E-state index contributed by atoms with van der Waals surface area (Å²) in [5.41, 5.74) is 2.09. The molecule has 1 aromatic carbocycles. The van der Waals surface area contributed by atoms with Gasteiger partial charge < -0.3 is 9.73 Å². The lowest BCUT2D eigenvalue weighted by Crippen LogP contribution is -2.26. The van der Waals surface area contributed by atoms with Gasteiger partial charge in [-0.1, -0.05) is 35.5 Å². The minimum absolute atomic E-state index is 0.139. The maximum atomic E-state index is 11.9. The third-order valence-electron chi connectivity index (χ3n) is 3.78. The monoisotopic (exact) mass is 381 g/mol. The molecule has 3 rings (SSSR count). The number of nitrogens with zero attached hydrogens (tertiary/aromatic N) is 4. The van der Waals surface area contributed by atoms with E-state index >= 15 is 0 Å². The number of furan rings is 1. The van der Waals surface area contributed by atoms with Gasteiger partial charge in [0.05, 0.1) is 31.1 Å². The average molecular weight is 381 g/mol. The summed E-state index contributed by atoms with van der Waals surface area (Å²) >= 11 is 1.31. The van der Waals surface area contributed by atoms with Gasteiger partial charge in [-0.2, -0.15) is 5.26 Å². The van der Waals surface area contributed by atoms with Gasteiger partial charge in [0, 0.05) is 12.1 Å². The molecule has 7 nitrogen and oxygen atoms in total. The van der Waals surface area contributed by atoms with E-state index in [-0.39, 0.29) is 11.7 Å². The fourth-order valence-electron chi connectivity index (χ4n) is 2.53. The highest BCUT2D eigenvalue weighted by Gasteiger charge is 2.17. The summed E-state index contributed by atoms with van der Waals surface area (Å²) in [6.07, 6.45) is 1.92. The Morgan fingerprint density at radius 1 is 1.33 bits per heavy atom. The zero-order chi connectivity index (χ0) is 19.1. The molecular weight excluding hydrogens is 362 g/mol. The van der Waals surface area contributed by atoms with Gasteiger partial charge in [-0.25, -0.2) is 0 Å². The molecule has 0 aliphatic rings. The van der Waals surface area contributed by atoms with E-state index in [0.29, 0.717) is 24.7 Å². The van der Waals surface area contributed by atoms with Crippen molar-refractivity contribution in [2.45, 2.75) is 25.0 Å². The number of carbonyl (C=O) groups is 1. The first-order valence-electron chi connectivity index (χ1n) is 8.46. The van der Waals surface area contributed by atoms with Crippen LogP contribution in [0.25, 0.3) is 11.4 Å². The first-order chi connectivity index (χ1) is 13.2. The minimum Gasteiger partial charge on any atom is -0.467 e. The molecule has 0 radical (unpaired) electrons. The normalized spacial score (nSPS) is 10.5. The van der Waals surface area contributed by atoms with E-state index in [0.717, 1.165) is 22.7 Å². The summed E-state index contributed by atoms with van der Waals surface area (Å²) in [6, 6.07) is 13.8. The first-order valence-corrected chi connectivity index (χ1v) is 9.45. The Morgan fingerprint density at radius 2 is 2.22 bits per heavy atom. The fourth-order valence-corrected chi connectivity index (χ4v) is 3.30. The topological polar surface area (TPSA) is 96.7 Å². The van der Waals surface area contributed by atoms with Crippen molar-refractivity contribution in [3.8, 4) is 17.5 Å². The maximum Gasteiger partial charge on any atom is 0.230 e.